The van der Waals surface area contributed by atoms with Crippen molar-refractivity contribution in [1.82, 2.24) is 4.57 Å². The maximum atomic E-state index is 5.57. The van der Waals surface area contributed by atoms with E-state index in [2.05, 4.69) is 154 Å². The summed E-state index contributed by atoms with van der Waals surface area (Å²) in [5, 5.41) is 9.73. The lowest BCUT2D eigenvalue weighted by atomic mass is 9.93. The summed E-state index contributed by atoms with van der Waals surface area (Å²) in [5.41, 5.74) is 9.37. The average Bonchev–Trinajstić information content (AvgIpc) is 3.67. The first kappa shape index (κ1) is 37.8. The Balaban J connectivity index is 1.19. The van der Waals surface area contributed by atoms with Crippen molar-refractivity contribution in [2.24, 2.45) is 0 Å². The van der Waals surface area contributed by atoms with Crippen molar-refractivity contribution in [3.8, 4) is 28.7 Å². The number of ether oxygens (including phenoxy) is 4. The SMILES string of the molecule is COc1ccc(N(c2ccc(OC)cc2)c2ccc3c(c2)c2cc(N(c4ccc(OC)cc4)c4ccc(OC)cc4)ccc2n3-c2ccc3ccc4cccc5ccc2c3c45)cc1. The molecule has 1 aromatic heterocycles. The lowest BCUT2D eigenvalue weighted by molar-refractivity contribution is 0.414. The second kappa shape index (κ2) is 15.4. The zero-order valence-electron chi connectivity index (χ0n) is 35.4. The number of hydrogen-bond donors (Lipinski definition) is 0. The molecule has 0 radical (unpaired) electrons. The third-order valence-corrected chi connectivity index (χ3v) is 12.3. The molecular weight excluding hydrogens is 779 g/mol. The van der Waals surface area contributed by atoms with Crippen LogP contribution in [0.5, 0.6) is 23.0 Å². The van der Waals surface area contributed by atoms with Crippen LogP contribution in [0.3, 0.4) is 0 Å². The number of hydrogen-bond acceptors (Lipinski definition) is 6. The van der Waals surface area contributed by atoms with Crippen LogP contribution in [0, 0.1) is 0 Å². The van der Waals surface area contributed by atoms with E-state index < -0.39 is 0 Å². The van der Waals surface area contributed by atoms with Crippen molar-refractivity contribution in [1.29, 1.82) is 0 Å². The first-order valence-electron chi connectivity index (χ1n) is 20.9. The first-order valence-corrected chi connectivity index (χ1v) is 20.9. The average molecular weight is 822 g/mol. The van der Waals surface area contributed by atoms with E-state index in [9.17, 15) is 0 Å². The van der Waals surface area contributed by atoms with Crippen molar-refractivity contribution in [3.63, 3.8) is 0 Å². The van der Waals surface area contributed by atoms with Crippen molar-refractivity contribution >= 4 is 88.2 Å². The molecule has 63 heavy (non-hydrogen) atoms. The van der Waals surface area contributed by atoms with Gasteiger partial charge in [0.25, 0.3) is 0 Å². The molecule has 306 valence electrons. The normalized spacial score (nSPS) is 11.5. The largest absolute Gasteiger partial charge is 0.497 e. The van der Waals surface area contributed by atoms with E-state index in [0.717, 1.165) is 84.6 Å². The lowest BCUT2D eigenvalue weighted by Gasteiger charge is -2.26. The third kappa shape index (κ3) is 6.36. The lowest BCUT2D eigenvalue weighted by Crippen LogP contribution is -2.10. The van der Waals surface area contributed by atoms with Crippen LogP contribution < -0.4 is 28.7 Å². The van der Waals surface area contributed by atoms with Crippen molar-refractivity contribution < 1.29 is 18.9 Å². The van der Waals surface area contributed by atoms with Crippen LogP contribution in [0.1, 0.15) is 0 Å². The molecule has 10 aromatic carbocycles. The number of fused-ring (bicyclic) bond motifs is 3. The fourth-order valence-electron chi connectivity index (χ4n) is 9.27. The molecular formula is C56H43N3O4. The predicted octanol–water partition coefficient (Wildman–Crippen LogP) is 14.7. The maximum Gasteiger partial charge on any atom is 0.119 e. The van der Waals surface area contributed by atoms with E-state index in [1.54, 1.807) is 28.4 Å². The highest BCUT2D eigenvalue weighted by atomic mass is 16.5. The minimum atomic E-state index is 0.797. The molecule has 0 aliphatic rings. The Labute approximate surface area is 365 Å². The highest BCUT2D eigenvalue weighted by Gasteiger charge is 2.22. The predicted molar refractivity (Wildman–Crippen MR) is 260 cm³/mol. The summed E-state index contributed by atoms with van der Waals surface area (Å²) in [6.45, 7) is 0. The zero-order chi connectivity index (χ0) is 42.6. The molecule has 7 heteroatoms. The van der Waals surface area contributed by atoms with Crippen LogP contribution in [-0.4, -0.2) is 33.0 Å². The van der Waals surface area contributed by atoms with E-state index in [-0.39, 0.29) is 0 Å². The van der Waals surface area contributed by atoms with Crippen LogP contribution in [0.2, 0.25) is 0 Å². The Kier molecular flexibility index (Phi) is 9.24. The van der Waals surface area contributed by atoms with Gasteiger partial charge in [0.15, 0.2) is 0 Å². The Morgan fingerprint density at radius 2 is 0.667 bits per heavy atom. The van der Waals surface area contributed by atoms with Crippen LogP contribution in [0.25, 0.3) is 59.8 Å². The molecule has 0 aliphatic heterocycles. The summed E-state index contributed by atoms with van der Waals surface area (Å²) in [6.07, 6.45) is 0. The summed E-state index contributed by atoms with van der Waals surface area (Å²) in [6, 6.07) is 66.6. The molecule has 1 heterocycles. The highest BCUT2D eigenvalue weighted by molar-refractivity contribution is 6.25. The van der Waals surface area contributed by atoms with Gasteiger partial charge in [0, 0.05) is 50.3 Å². The van der Waals surface area contributed by atoms with E-state index >= 15 is 0 Å². The second-order valence-corrected chi connectivity index (χ2v) is 15.6. The second-order valence-electron chi connectivity index (χ2n) is 15.6. The molecule has 0 amide bonds. The highest BCUT2D eigenvalue weighted by Crippen LogP contribution is 2.45. The molecule has 0 saturated carbocycles. The molecule has 0 saturated heterocycles. The molecule has 11 rings (SSSR count). The number of anilines is 6. The molecule has 11 aromatic rings. The number of benzene rings is 10. The van der Waals surface area contributed by atoms with Gasteiger partial charge in [-0.15, -0.1) is 0 Å². The molecule has 0 bridgehead atoms. The summed E-state index contributed by atoms with van der Waals surface area (Å²) in [5.74, 6) is 3.19. The van der Waals surface area contributed by atoms with Crippen molar-refractivity contribution in [2.75, 3.05) is 38.2 Å². The van der Waals surface area contributed by atoms with Gasteiger partial charge in [-0.25, -0.2) is 0 Å². The van der Waals surface area contributed by atoms with Crippen LogP contribution in [-0.2, 0) is 0 Å². The van der Waals surface area contributed by atoms with Gasteiger partial charge >= 0.3 is 0 Å². The van der Waals surface area contributed by atoms with Crippen molar-refractivity contribution in [3.05, 3.63) is 188 Å². The molecule has 0 atom stereocenters. The van der Waals surface area contributed by atoms with Crippen LogP contribution in [0.15, 0.2) is 188 Å². The van der Waals surface area contributed by atoms with Gasteiger partial charge in [-0.2, -0.15) is 0 Å². The number of nitrogens with zero attached hydrogens (tertiary/aromatic N) is 3. The molecule has 0 fully saturated rings. The topological polar surface area (TPSA) is 48.3 Å². The maximum absolute atomic E-state index is 5.57. The van der Waals surface area contributed by atoms with E-state index in [0.29, 0.717) is 0 Å². The summed E-state index contributed by atoms with van der Waals surface area (Å²) >= 11 is 0. The number of rotatable bonds is 11. The summed E-state index contributed by atoms with van der Waals surface area (Å²) in [7, 11) is 6.78. The molecule has 7 nitrogen and oxygen atoms in total. The molecule has 0 N–H and O–H groups in total. The van der Waals surface area contributed by atoms with Gasteiger partial charge in [0.05, 0.1) is 45.2 Å². The zero-order valence-corrected chi connectivity index (χ0v) is 35.4. The quantitative estimate of drug-likeness (QED) is 0.121. The van der Waals surface area contributed by atoms with Gasteiger partial charge in [-0.05, 0) is 166 Å². The molecule has 0 unspecified atom stereocenters. The Hall–Kier alpha value is -8.16. The van der Waals surface area contributed by atoms with E-state index in [1.807, 2.05) is 48.5 Å². The standard InChI is InChI=1S/C56H43N3O4/c1-60-45-22-12-39(13-23-45)57(40-14-24-46(61-2)25-15-40)43-20-32-53-50(34-43)51-35-44(58(41-16-26-47(62-3)27-17-41)42-18-28-48(63-4)29-19-42)21-33-54(51)59(53)52-31-11-38-9-8-36-6-5-7-37-10-30-49(52)56(38)55(36)37/h5-35H,1-4H3. The van der Waals surface area contributed by atoms with Gasteiger partial charge in [-0.1, -0.05) is 48.5 Å². The summed E-state index contributed by atoms with van der Waals surface area (Å²) in [4.78, 5) is 4.56. The van der Waals surface area contributed by atoms with Gasteiger partial charge in [-0.3, -0.25) is 0 Å². The Morgan fingerprint density at radius 1 is 0.317 bits per heavy atom. The minimum absolute atomic E-state index is 0.797. The fourth-order valence-corrected chi connectivity index (χ4v) is 9.27. The Morgan fingerprint density at radius 3 is 1.06 bits per heavy atom. The monoisotopic (exact) mass is 821 g/mol. The smallest absolute Gasteiger partial charge is 0.119 e. The molecule has 0 aliphatic carbocycles. The Bertz CT molecular complexity index is 3170. The van der Waals surface area contributed by atoms with Crippen LogP contribution in [0.4, 0.5) is 34.1 Å². The van der Waals surface area contributed by atoms with E-state index in [1.165, 1.54) is 32.3 Å². The minimum Gasteiger partial charge on any atom is -0.497 e. The van der Waals surface area contributed by atoms with Gasteiger partial charge in [0.2, 0.25) is 0 Å². The number of methoxy groups -OCH3 is 4. The first-order chi connectivity index (χ1) is 31.0. The third-order valence-electron chi connectivity index (χ3n) is 12.3. The fraction of sp³-hybridized carbons (Fsp3) is 0.0714. The van der Waals surface area contributed by atoms with Crippen molar-refractivity contribution in [2.45, 2.75) is 0 Å². The van der Waals surface area contributed by atoms with E-state index in [4.69, 9.17) is 18.9 Å². The van der Waals surface area contributed by atoms with Crippen LogP contribution >= 0.6 is 0 Å². The van der Waals surface area contributed by atoms with Gasteiger partial charge in [0.1, 0.15) is 23.0 Å². The van der Waals surface area contributed by atoms with Gasteiger partial charge < -0.3 is 33.3 Å². The molecule has 0 spiro atoms. The summed E-state index contributed by atoms with van der Waals surface area (Å²) < 4.78 is 24.7. The number of aromatic nitrogens is 1.